The van der Waals surface area contributed by atoms with Gasteiger partial charge in [0.05, 0.1) is 28.9 Å². The molecule has 3 unspecified atom stereocenters. The molecule has 0 amide bonds. The lowest BCUT2D eigenvalue weighted by atomic mass is 9.72. The summed E-state index contributed by atoms with van der Waals surface area (Å²) in [6, 6.07) is 15.9. The predicted octanol–water partition coefficient (Wildman–Crippen LogP) is 4.15. The summed E-state index contributed by atoms with van der Waals surface area (Å²) in [4.78, 5) is 74.0. The Balaban J connectivity index is 1.07. The molecule has 3 aliphatic heterocycles. The second kappa shape index (κ2) is 13.3. The van der Waals surface area contributed by atoms with Crippen molar-refractivity contribution in [3.63, 3.8) is 0 Å². The topological polar surface area (TPSA) is 205 Å². The van der Waals surface area contributed by atoms with Crippen molar-refractivity contribution in [1.29, 1.82) is 0 Å². The van der Waals surface area contributed by atoms with Gasteiger partial charge in [0.15, 0.2) is 0 Å². The molecule has 0 saturated carbocycles. The van der Waals surface area contributed by atoms with E-state index in [1.54, 1.807) is 24.4 Å². The quantitative estimate of drug-likeness (QED) is 0.152. The van der Waals surface area contributed by atoms with Gasteiger partial charge in [-0.05, 0) is 74.0 Å². The maximum Gasteiger partial charge on any atom is 0.349 e. The van der Waals surface area contributed by atoms with Gasteiger partial charge < -0.3 is 24.7 Å². The van der Waals surface area contributed by atoms with E-state index in [4.69, 9.17) is 14.5 Å². The average Bonchev–Trinajstić information content (AvgIpc) is 3.76. The second-order valence-electron chi connectivity index (χ2n) is 12.4. The third kappa shape index (κ3) is 6.28. The fourth-order valence-corrected chi connectivity index (χ4v) is 7.92. The van der Waals surface area contributed by atoms with Gasteiger partial charge in [-0.1, -0.05) is 30.3 Å². The number of rotatable bonds is 10. The van der Waals surface area contributed by atoms with Crippen molar-refractivity contribution in [2.75, 3.05) is 13.1 Å². The first-order valence-corrected chi connectivity index (χ1v) is 16.7. The number of esters is 2. The van der Waals surface area contributed by atoms with Crippen LogP contribution in [0.4, 0.5) is 0 Å². The van der Waals surface area contributed by atoms with E-state index in [1.165, 1.54) is 41.7 Å². The van der Waals surface area contributed by atoms with Crippen molar-refractivity contribution >= 4 is 45.4 Å². The summed E-state index contributed by atoms with van der Waals surface area (Å²) in [6.07, 6.45) is -1.25. The minimum atomic E-state index is -2.30. The van der Waals surface area contributed by atoms with Crippen LogP contribution in [-0.2, 0) is 19.1 Å². The molecule has 0 radical (unpaired) electrons. The predicted molar refractivity (Wildman–Crippen MR) is 179 cm³/mol. The number of hydrogen-bond donors (Lipinski definition) is 4. The molecule has 8 rings (SSSR count). The van der Waals surface area contributed by atoms with E-state index in [2.05, 4.69) is 20.1 Å². The van der Waals surface area contributed by atoms with Crippen molar-refractivity contribution < 1.29 is 38.9 Å². The lowest BCUT2D eigenvalue weighted by molar-refractivity contribution is -0.166. The van der Waals surface area contributed by atoms with Gasteiger partial charge in [-0.2, -0.15) is 5.10 Å². The number of benzene rings is 2. The first kappa shape index (κ1) is 32.9. The van der Waals surface area contributed by atoms with E-state index >= 15 is 0 Å². The number of aromatic amines is 2. The fraction of sp³-hybridized carbons (Fsp3) is 0.286. The maximum absolute atomic E-state index is 13.2. The SMILES string of the molecule is Cc1[nH]ncc1-c1cc2nc([C@@H]3CC4CCN3CC4c3cccc(C(=O)O[C@H](C(=O)O)[C@H](OC(=O)c4ccccc4)C(=O)O)c3)[nH]c(=O)c2s1. The number of carboxylic acids is 2. The Morgan fingerprint density at radius 3 is 2.30 bits per heavy atom. The van der Waals surface area contributed by atoms with Gasteiger partial charge in [-0.3, -0.25) is 14.8 Å². The smallest absolute Gasteiger partial charge is 0.349 e. The van der Waals surface area contributed by atoms with Gasteiger partial charge in [0.2, 0.25) is 12.2 Å². The van der Waals surface area contributed by atoms with Crippen molar-refractivity contribution in [2.45, 2.75) is 43.9 Å². The molecule has 4 N–H and O–H groups in total. The molecular formula is C35H31N5O9S. The van der Waals surface area contributed by atoms with E-state index in [0.29, 0.717) is 22.6 Å². The van der Waals surface area contributed by atoms with E-state index in [0.717, 1.165) is 41.1 Å². The Kier molecular flexibility index (Phi) is 8.76. The molecule has 3 saturated heterocycles. The van der Waals surface area contributed by atoms with Crippen LogP contribution in [0.1, 0.15) is 62.6 Å². The zero-order valence-corrected chi connectivity index (χ0v) is 27.4. The maximum atomic E-state index is 13.2. The molecule has 256 valence electrons. The minimum absolute atomic E-state index is 0.00503. The van der Waals surface area contributed by atoms with E-state index < -0.39 is 36.1 Å². The molecule has 2 bridgehead atoms. The van der Waals surface area contributed by atoms with E-state index in [1.807, 2.05) is 19.1 Å². The molecule has 0 spiro atoms. The number of nitrogens with zero attached hydrogens (tertiary/aromatic N) is 3. The first-order chi connectivity index (χ1) is 24.1. The van der Waals surface area contributed by atoms with Crippen molar-refractivity contribution in [3.05, 3.63) is 105 Å². The number of aliphatic carboxylic acids is 2. The number of carbonyl (C=O) groups excluding carboxylic acids is 2. The molecule has 0 aliphatic carbocycles. The molecule has 50 heavy (non-hydrogen) atoms. The summed E-state index contributed by atoms with van der Waals surface area (Å²) in [5.74, 6) is -4.89. The molecule has 6 heterocycles. The van der Waals surface area contributed by atoms with Gasteiger partial charge in [0, 0.05) is 22.7 Å². The number of thiophene rings is 1. The third-order valence-corrected chi connectivity index (χ3v) is 10.5. The average molecular weight is 698 g/mol. The standard InChI is InChI=1S/C35H31N5O9S/c1-17-22(15-36-39-17)26-14-24-29(50-26)31(41)38-30(37-24)25-13-20-10-11-40(25)16-23(20)19-8-5-9-21(12-19)35(47)49-28(33(44)45)27(32(42)43)48-34(46)18-6-3-2-4-7-18/h2-9,12,14-15,20,23,25,27-28H,10-11,13,16H2,1H3,(H,36,39)(H,42,43)(H,44,45)(H,37,38,41)/t20?,23?,25-,27-,28-/m0/s1. The van der Waals surface area contributed by atoms with Crippen LogP contribution in [-0.4, -0.2) is 84.5 Å². The summed E-state index contributed by atoms with van der Waals surface area (Å²) < 4.78 is 10.7. The van der Waals surface area contributed by atoms with E-state index in [9.17, 15) is 34.2 Å². The number of aromatic nitrogens is 4. The number of hydrogen-bond acceptors (Lipinski definition) is 11. The number of piperidine rings is 3. The van der Waals surface area contributed by atoms with Crippen molar-refractivity contribution in [1.82, 2.24) is 25.1 Å². The minimum Gasteiger partial charge on any atom is -0.478 e. The van der Waals surface area contributed by atoms with E-state index in [-0.39, 0.29) is 34.6 Å². The van der Waals surface area contributed by atoms with Crippen LogP contribution in [0.3, 0.4) is 0 Å². The number of aryl methyl sites for hydroxylation is 1. The van der Waals surface area contributed by atoms with Gasteiger partial charge in [0.25, 0.3) is 5.56 Å². The number of nitrogens with one attached hydrogen (secondary N) is 2. The number of carboxylic acid groups (broad SMARTS) is 2. The molecule has 6 atom stereocenters. The number of fused-ring (bicyclic) bond motifs is 4. The van der Waals surface area contributed by atoms with Gasteiger partial charge in [-0.15, -0.1) is 11.3 Å². The molecule has 3 aliphatic rings. The highest BCUT2D eigenvalue weighted by Gasteiger charge is 2.43. The van der Waals surface area contributed by atoms with Crippen molar-refractivity contribution in [2.24, 2.45) is 5.92 Å². The Labute approximate surface area is 287 Å². The van der Waals surface area contributed by atoms with Crippen LogP contribution in [0, 0.1) is 12.8 Å². The van der Waals surface area contributed by atoms with Gasteiger partial charge >= 0.3 is 23.9 Å². The lowest BCUT2D eigenvalue weighted by Crippen LogP contribution is -2.48. The molecule has 3 fully saturated rings. The van der Waals surface area contributed by atoms with Crippen molar-refractivity contribution in [3.8, 4) is 10.4 Å². The largest absolute Gasteiger partial charge is 0.478 e. The number of H-pyrrole nitrogens is 2. The zero-order chi connectivity index (χ0) is 35.1. The highest BCUT2D eigenvalue weighted by Crippen LogP contribution is 2.47. The molecular weight excluding hydrogens is 666 g/mol. The molecule has 5 aromatic rings. The van der Waals surface area contributed by atoms with Crippen LogP contribution in [0.15, 0.2) is 71.7 Å². The molecule has 2 aromatic carbocycles. The fourth-order valence-electron chi connectivity index (χ4n) is 6.86. The zero-order valence-electron chi connectivity index (χ0n) is 26.6. The van der Waals surface area contributed by atoms with Crippen LogP contribution >= 0.6 is 11.3 Å². The molecule has 14 nitrogen and oxygen atoms in total. The second-order valence-corrected chi connectivity index (χ2v) is 13.5. The summed E-state index contributed by atoms with van der Waals surface area (Å²) in [7, 11) is 0. The number of carbonyl (C=O) groups is 4. The Morgan fingerprint density at radius 1 is 0.960 bits per heavy atom. The third-order valence-electron chi connectivity index (χ3n) is 9.36. The van der Waals surface area contributed by atoms with Crippen LogP contribution < -0.4 is 5.56 Å². The van der Waals surface area contributed by atoms with Gasteiger partial charge in [0.1, 0.15) is 10.5 Å². The summed E-state index contributed by atoms with van der Waals surface area (Å²) in [5.41, 5.74) is 3.14. The Hall–Kier alpha value is -5.67. The van der Waals surface area contributed by atoms with Crippen LogP contribution in [0.25, 0.3) is 20.7 Å². The summed E-state index contributed by atoms with van der Waals surface area (Å²) in [6.45, 7) is 3.36. The monoisotopic (exact) mass is 697 g/mol. The molecule has 15 heteroatoms. The molecule has 3 aromatic heterocycles. The highest BCUT2D eigenvalue weighted by molar-refractivity contribution is 7.22. The van der Waals surface area contributed by atoms with Crippen LogP contribution in [0.5, 0.6) is 0 Å². The first-order valence-electron chi connectivity index (χ1n) is 15.9. The van der Waals surface area contributed by atoms with Crippen LogP contribution in [0.2, 0.25) is 0 Å². The Morgan fingerprint density at radius 2 is 1.66 bits per heavy atom. The number of ether oxygens (including phenoxy) is 2. The Bertz CT molecular complexity index is 2180. The lowest BCUT2D eigenvalue weighted by Gasteiger charge is -2.49. The summed E-state index contributed by atoms with van der Waals surface area (Å²) >= 11 is 1.38. The normalized spacial score (nSPS) is 21.0. The highest BCUT2D eigenvalue weighted by atomic mass is 32.1. The van der Waals surface area contributed by atoms with Gasteiger partial charge in [-0.25, -0.2) is 24.2 Å². The summed E-state index contributed by atoms with van der Waals surface area (Å²) in [5, 5.41) is 26.5.